The van der Waals surface area contributed by atoms with Gasteiger partial charge in [-0.3, -0.25) is 0 Å². The summed E-state index contributed by atoms with van der Waals surface area (Å²) in [6.07, 6.45) is 3.39. The lowest BCUT2D eigenvalue weighted by atomic mass is 9.97. The van der Waals surface area contributed by atoms with E-state index in [1.807, 2.05) is 47.6 Å². The minimum absolute atomic E-state index is 0.196. The van der Waals surface area contributed by atoms with Gasteiger partial charge < -0.3 is 40.0 Å². The normalized spacial score (nSPS) is 16.6. The molecule has 0 aliphatic carbocycles. The predicted molar refractivity (Wildman–Crippen MR) is 171 cm³/mol. The Bertz CT molecular complexity index is 1230. The van der Waals surface area contributed by atoms with Crippen molar-refractivity contribution in [2.75, 3.05) is 51.2 Å². The molecule has 2 amide bonds. The monoisotopic (exact) mass is 616 g/mol. The average molecular weight is 617 g/mol. The molecule has 1 aromatic heterocycles. The first-order chi connectivity index (χ1) is 20.7. The van der Waals surface area contributed by atoms with Crippen molar-refractivity contribution < 1.29 is 28.6 Å². The standard InChI is InChI=1S/C21H30N4O4.C11H22N2O2/c1-5-28-18(26)15-6-7-16-17(12-15)24-19(23-16)22-13-14-8-10-25(11-9-14)20(27)29-21(2,3)4;1-11(2,3)15-10(14)13-6-4-9(8-12)5-7-13/h6-7,12,14H,5,8-11,13H2,1-4H3,(H2,22,23,24);9H,4-8,12H2,1-3H3. The second-order valence-corrected chi connectivity index (χ2v) is 13.5. The number of imidazole rings is 1. The minimum atomic E-state index is -0.468. The smallest absolute Gasteiger partial charge is 0.410 e. The van der Waals surface area contributed by atoms with Crippen molar-refractivity contribution in [3.63, 3.8) is 0 Å². The van der Waals surface area contributed by atoms with Gasteiger partial charge in [-0.1, -0.05) is 0 Å². The average Bonchev–Trinajstić information content (AvgIpc) is 3.37. The molecule has 2 aromatic rings. The number of fused-ring (bicyclic) bond motifs is 1. The van der Waals surface area contributed by atoms with Gasteiger partial charge in [-0.15, -0.1) is 0 Å². The lowest BCUT2D eigenvalue weighted by Crippen LogP contribution is -2.42. The number of amides is 2. The number of likely N-dealkylation sites (tertiary alicyclic amines) is 2. The number of carbonyl (C=O) groups is 3. The maximum Gasteiger partial charge on any atom is 0.410 e. The Balaban J connectivity index is 0.000000297. The number of aromatic nitrogens is 2. The summed E-state index contributed by atoms with van der Waals surface area (Å²) in [6, 6.07) is 5.28. The number of rotatable bonds is 6. The molecule has 0 saturated carbocycles. The van der Waals surface area contributed by atoms with Gasteiger partial charge in [-0.05, 0) is 111 Å². The van der Waals surface area contributed by atoms with E-state index in [1.54, 1.807) is 28.9 Å². The molecule has 4 rings (SSSR count). The number of hydrogen-bond donors (Lipinski definition) is 3. The van der Waals surface area contributed by atoms with Crippen molar-refractivity contribution in [1.82, 2.24) is 19.8 Å². The van der Waals surface area contributed by atoms with Gasteiger partial charge in [0.25, 0.3) is 0 Å². The third-order valence-corrected chi connectivity index (χ3v) is 7.42. The molecular weight excluding hydrogens is 564 g/mol. The van der Waals surface area contributed by atoms with Crippen molar-refractivity contribution in [3.05, 3.63) is 23.8 Å². The number of ether oxygens (including phenoxy) is 3. The van der Waals surface area contributed by atoms with Crippen LogP contribution in [0, 0.1) is 11.8 Å². The van der Waals surface area contributed by atoms with E-state index >= 15 is 0 Å². The zero-order valence-electron chi connectivity index (χ0n) is 27.5. The number of H-pyrrole nitrogens is 1. The SMILES string of the molecule is CC(C)(C)OC(=O)N1CCC(CN)CC1.CCOC(=O)c1ccc2nc(NCC3CCN(C(=O)OC(C)(C)C)CC3)[nH]c2c1. The van der Waals surface area contributed by atoms with Crippen molar-refractivity contribution in [3.8, 4) is 0 Å². The number of nitrogens with zero attached hydrogens (tertiary/aromatic N) is 3. The maximum absolute atomic E-state index is 12.2. The molecule has 12 nitrogen and oxygen atoms in total. The highest BCUT2D eigenvalue weighted by atomic mass is 16.6. The van der Waals surface area contributed by atoms with Gasteiger partial charge in [-0.2, -0.15) is 0 Å². The lowest BCUT2D eigenvalue weighted by molar-refractivity contribution is 0.0177. The van der Waals surface area contributed by atoms with Crippen LogP contribution in [0.2, 0.25) is 0 Å². The first-order valence-corrected chi connectivity index (χ1v) is 15.7. The molecule has 0 radical (unpaired) electrons. The highest BCUT2D eigenvalue weighted by molar-refractivity contribution is 5.94. The van der Waals surface area contributed by atoms with Gasteiger partial charge in [-0.25, -0.2) is 19.4 Å². The summed E-state index contributed by atoms with van der Waals surface area (Å²) in [5.74, 6) is 1.37. The van der Waals surface area contributed by atoms with Crippen LogP contribution in [0.25, 0.3) is 11.0 Å². The van der Waals surface area contributed by atoms with Crippen molar-refractivity contribution in [2.24, 2.45) is 17.6 Å². The van der Waals surface area contributed by atoms with E-state index in [-0.39, 0.29) is 18.2 Å². The number of carbonyl (C=O) groups excluding carboxylic acids is 3. The molecule has 3 heterocycles. The molecule has 4 N–H and O–H groups in total. The van der Waals surface area contributed by atoms with Crippen LogP contribution < -0.4 is 11.1 Å². The van der Waals surface area contributed by atoms with Crippen LogP contribution in [0.15, 0.2) is 18.2 Å². The second-order valence-electron chi connectivity index (χ2n) is 13.5. The van der Waals surface area contributed by atoms with Crippen LogP contribution in [0.3, 0.4) is 0 Å². The topological polar surface area (TPSA) is 152 Å². The fraction of sp³-hybridized carbons (Fsp3) is 0.688. The van der Waals surface area contributed by atoms with E-state index < -0.39 is 11.2 Å². The summed E-state index contributed by atoms with van der Waals surface area (Å²) in [5.41, 5.74) is 6.81. The Morgan fingerprint density at radius 3 is 1.91 bits per heavy atom. The lowest BCUT2D eigenvalue weighted by Gasteiger charge is -2.33. The molecule has 1 aromatic carbocycles. The van der Waals surface area contributed by atoms with Gasteiger partial charge in [0.1, 0.15) is 11.2 Å². The molecule has 246 valence electrons. The Kier molecular flexibility index (Phi) is 12.3. The van der Waals surface area contributed by atoms with Crippen molar-refractivity contribution in [1.29, 1.82) is 0 Å². The molecule has 2 saturated heterocycles. The molecule has 0 atom stereocenters. The molecule has 2 aliphatic heterocycles. The number of esters is 1. The van der Waals surface area contributed by atoms with Crippen LogP contribution in [0.4, 0.5) is 15.5 Å². The number of nitrogens with two attached hydrogens (primary N) is 1. The molecule has 12 heteroatoms. The quantitative estimate of drug-likeness (QED) is 0.286. The Hall–Kier alpha value is -3.54. The molecule has 0 bridgehead atoms. The van der Waals surface area contributed by atoms with Gasteiger partial charge in [0, 0.05) is 32.7 Å². The summed E-state index contributed by atoms with van der Waals surface area (Å²) in [4.78, 5) is 47.0. The first kappa shape index (κ1) is 34.9. The van der Waals surface area contributed by atoms with E-state index in [2.05, 4.69) is 15.3 Å². The maximum atomic E-state index is 12.2. The van der Waals surface area contributed by atoms with Crippen LogP contribution >= 0.6 is 0 Å². The molecule has 44 heavy (non-hydrogen) atoms. The van der Waals surface area contributed by atoms with Crippen LogP contribution in [0.1, 0.15) is 84.5 Å². The van der Waals surface area contributed by atoms with Crippen molar-refractivity contribution in [2.45, 2.75) is 85.4 Å². The van der Waals surface area contributed by atoms with Gasteiger partial charge in [0.05, 0.1) is 23.2 Å². The van der Waals surface area contributed by atoms with E-state index in [0.717, 1.165) is 62.9 Å². The van der Waals surface area contributed by atoms with E-state index in [9.17, 15) is 14.4 Å². The second kappa shape index (κ2) is 15.5. The van der Waals surface area contributed by atoms with Crippen molar-refractivity contribution >= 4 is 35.1 Å². The predicted octanol–water partition coefficient (Wildman–Crippen LogP) is 5.39. The van der Waals surface area contributed by atoms with Gasteiger partial charge in [0.2, 0.25) is 5.95 Å². The Morgan fingerprint density at radius 1 is 0.909 bits per heavy atom. The highest BCUT2D eigenvalue weighted by Crippen LogP contribution is 2.22. The van der Waals surface area contributed by atoms with Gasteiger partial charge >= 0.3 is 18.2 Å². The van der Waals surface area contributed by atoms with E-state index in [0.29, 0.717) is 43.0 Å². The summed E-state index contributed by atoms with van der Waals surface area (Å²) >= 11 is 0. The molecule has 0 unspecified atom stereocenters. The minimum Gasteiger partial charge on any atom is -0.462 e. The molecule has 2 fully saturated rings. The Labute approximate surface area is 261 Å². The molecule has 0 spiro atoms. The number of piperidine rings is 2. The van der Waals surface area contributed by atoms with Crippen LogP contribution in [0.5, 0.6) is 0 Å². The van der Waals surface area contributed by atoms with Gasteiger partial charge in [0.15, 0.2) is 0 Å². The third kappa shape index (κ3) is 11.2. The number of aromatic amines is 1. The Morgan fingerprint density at radius 2 is 1.43 bits per heavy atom. The van der Waals surface area contributed by atoms with Crippen LogP contribution in [-0.4, -0.2) is 95.0 Å². The highest BCUT2D eigenvalue weighted by Gasteiger charge is 2.28. The zero-order valence-corrected chi connectivity index (χ0v) is 27.5. The summed E-state index contributed by atoms with van der Waals surface area (Å²) in [6.45, 7) is 17.9. The largest absolute Gasteiger partial charge is 0.462 e. The first-order valence-electron chi connectivity index (χ1n) is 15.7. The zero-order chi connectivity index (χ0) is 32.5. The third-order valence-electron chi connectivity index (χ3n) is 7.42. The number of anilines is 1. The molecule has 2 aliphatic rings. The molecular formula is C32H52N6O6. The van der Waals surface area contributed by atoms with E-state index in [1.165, 1.54) is 0 Å². The number of nitrogens with one attached hydrogen (secondary N) is 2. The summed E-state index contributed by atoms with van der Waals surface area (Å²) < 4.78 is 15.8. The number of hydrogen-bond acceptors (Lipinski definition) is 9. The number of benzene rings is 1. The summed E-state index contributed by atoms with van der Waals surface area (Å²) in [5, 5.41) is 3.34. The van der Waals surface area contributed by atoms with E-state index in [4.69, 9.17) is 19.9 Å². The van der Waals surface area contributed by atoms with Crippen LogP contribution in [-0.2, 0) is 14.2 Å². The fourth-order valence-electron chi connectivity index (χ4n) is 5.00. The summed E-state index contributed by atoms with van der Waals surface area (Å²) in [7, 11) is 0. The fourth-order valence-corrected chi connectivity index (χ4v) is 5.00.